The predicted molar refractivity (Wildman–Crippen MR) is 85.3 cm³/mol. The quantitative estimate of drug-likeness (QED) is 0.848. The highest BCUT2D eigenvalue weighted by Gasteiger charge is 2.48. The Hall–Kier alpha value is -0.890. The minimum absolute atomic E-state index is 0.167. The zero-order valence-electron chi connectivity index (χ0n) is 13.3. The number of hydrogen-bond donors (Lipinski definition) is 1. The van der Waals surface area contributed by atoms with Gasteiger partial charge in [0.05, 0.1) is 23.4 Å². The van der Waals surface area contributed by atoms with E-state index in [-0.39, 0.29) is 17.3 Å². The number of fused-ring (bicyclic) bond motifs is 1. The SMILES string of the molecule is COCCC1(C)C(OC)Cn2cc(Br)c(=O)c(OC)c2C1O. The van der Waals surface area contributed by atoms with E-state index in [4.69, 9.17) is 14.2 Å². The molecule has 0 amide bonds. The maximum atomic E-state index is 12.2. The Kier molecular flexibility index (Phi) is 5.32. The lowest BCUT2D eigenvalue weighted by atomic mass is 9.72. The summed E-state index contributed by atoms with van der Waals surface area (Å²) in [6, 6.07) is 0. The summed E-state index contributed by atoms with van der Waals surface area (Å²) in [4.78, 5) is 12.2. The molecule has 1 aliphatic rings. The first-order valence-corrected chi connectivity index (χ1v) is 7.86. The first-order valence-electron chi connectivity index (χ1n) is 7.07. The Morgan fingerprint density at radius 3 is 2.68 bits per heavy atom. The van der Waals surface area contributed by atoms with Gasteiger partial charge in [-0.2, -0.15) is 0 Å². The molecule has 2 heterocycles. The molecule has 0 saturated carbocycles. The van der Waals surface area contributed by atoms with E-state index in [2.05, 4.69) is 15.9 Å². The molecule has 6 nitrogen and oxygen atoms in total. The van der Waals surface area contributed by atoms with Crippen molar-refractivity contribution in [3.63, 3.8) is 0 Å². The standard InChI is InChI=1S/C15H22BrNO5/c1-15(5-6-20-2)10(21-3)8-17-7-9(16)12(18)13(22-4)11(17)14(15)19/h7,10,14,19H,5-6,8H2,1-4H3. The van der Waals surface area contributed by atoms with Crippen molar-refractivity contribution >= 4 is 15.9 Å². The monoisotopic (exact) mass is 375 g/mol. The van der Waals surface area contributed by atoms with Gasteiger partial charge >= 0.3 is 0 Å². The van der Waals surface area contributed by atoms with Crippen LogP contribution >= 0.6 is 15.9 Å². The fourth-order valence-electron chi connectivity index (χ4n) is 3.09. The molecule has 124 valence electrons. The van der Waals surface area contributed by atoms with Crippen LogP contribution in [0.25, 0.3) is 0 Å². The fraction of sp³-hybridized carbons (Fsp3) is 0.667. The Morgan fingerprint density at radius 1 is 1.45 bits per heavy atom. The molecule has 22 heavy (non-hydrogen) atoms. The van der Waals surface area contributed by atoms with Crippen LogP contribution in [0.2, 0.25) is 0 Å². The van der Waals surface area contributed by atoms with Crippen molar-refractivity contribution in [2.45, 2.75) is 32.1 Å². The van der Waals surface area contributed by atoms with Gasteiger partial charge in [-0.25, -0.2) is 0 Å². The molecule has 1 aliphatic heterocycles. The molecule has 0 fully saturated rings. The van der Waals surface area contributed by atoms with Crippen molar-refractivity contribution in [3.8, 4) is 5.75 Å². The summed E-state index contributed by atoms with van der Waals surface area (Å²) in [7, 11) is 4.68. The van der Waals surface area contributed by atoms with Gasteiger partial charge in [0.25, 0.3) is 0 Å². The second-order valence-corrected chi connectivity index (χ2v) is 6.61. The minimum Gasteiger partial charge on any atom is -0.491 e. The van der Waals surface area contributed by atoms with Crippen molar-refractivity contribution in [1.29, 1.82) is 0 Å². The van der Waals surface area contributed by atoms with Crippen LogP contribution < -0.4 is 10.2 Å². The third-order valence-corrected chi connectivity index (χ3v) is 5.11. The van der Waals surface area contributed by atoms with E-state index >= 15 is 0 Å². The van der Waals surface area contributed by atoms with E-state index in [0.29, 0.717) is 29.7 Å². The van der Waals surface area contributed by atoms with E-state index in [9.17, 15) is 9.90 Å². The molecule has 0 aromatic carbocycles. The lowest BCUT2D eigenvalue weighted by Gasteiger charge is -2.46. The number of halogens is 1. The largest absolute Gasteiger partial charge is 0.491 e. The number of pyridine rings is 1. The van der Waals surface area contributed by atoms with Crippen LogP contribution in [-0.2, 0) is 16.0 Å². The summed E-state index contributed by atoms with van der Waals surface area (Å²) in [6.45, 7) is 2.97. The van der Waals surface area contributed by atoms with E-state index in [0.717, 1.165) is 0 Å². The number of aliphatic hydroxyl groups excluding tert-OH is 1. The van der Waals surface area contributed by atoms with Gasteiger partial charge in [0.2, 0.25) is 5.43 Å². The van der Waals surface area contributed by atoms with Crippen LogP contribution in [0.3, 0.4) is 0 Å². The van der Waals surface area contributed by atoms with E-state index in [1.165, 1.54) is 7.11 Å². The number of nitrogens with zero attached hydrogens (tertiary/aromatic N) is 1. The molecule has 0 spiro atoms. The Bertz CT molecular complexity index is 602. The number of aromatic nitrogens is 1. The van der Waals surface area contributed by atoms with Gasteiger partial charge in [0.1, 0.15) is 6.10 Å². The number of hydrogen-bond acceptors (Lipinski definition) is 5. The second kappa shape index (κ2) is 6.70. The topological polar surface area (TPSA) is 69.9 Å². The summed E-state index contributed by atoms with van der Waals surface area (Å²) in [5, 5.41) is 10.9. The molecule has 1 aromatic rings. The molecule has 1 N–H and O–H groups in total. The van der Waals surface area contributed by atoms with Crippen molar-refractivity contribution in [2.75, 3.05) is 27.9 Å². The normalized spacial score (nSPS) is 27.5. The van der Waals surface area contributed by atoms with Crippen molar-refractivity contribution < 1.29 is 19.3 Å². The highest BCUT2D eigenvalue weighted by atomic mass is 79.9. The van der Waals surface area contributed by atoms with Crippen molar-refractivity contribution in [1.82, 2.24) is 4.57 Å². The van der Waals surface area contributed by atoms with Gasteiger partial charge in [0.15, 0.2) is 5.75 Å². The number of methoxy groups -OCH3 is 3. The summed E-state index contributed by atoms with van der Waals surface area (Å²) in [5.41, 5.74) is -0.349. The maximum absolute atomic E-state index is 12.2. The molecular formula is C15H22BrNO5. The maximum Gasteiger partial charge on any atom is 0.237 e. The first kappa shape index (κ1) is 17.5. The van der Waals surface area contributed by atoms with Crippen LogP contribution in [-0.4, -0.2) is 43.7 Å². The van der Waals surface area contributed by atoms with Crippen molar-refractivity contribution in [3.05, 3.63) is 26.6 Å². The minimum atomic E-state index is -0.892. The first-order chi connectivity index (χ1) is 10.4. The Labute approximate surface area is 138 Å². The van der Waals surface area contributed by atoms with Gasteiger partial charge in [-0.1, -0.05) is 6.92 Å². The molecule has 7 heteroatoms. The molecule has 0 aliphatic carbocycles. The molecule has 0 bridgehead atoms. The lowest BCUT2D eigenvalue weighted by molar-refractivity contribution is -0.118. The summed E-state index contributed by atoms with van der Waals surface area (Å²) < 4.78 is 18.3. The van der Waals surface area contributed by atoms with Crippen LogP contribution in [0.4, 0.5) is 0 Å². The fourth-order valence-corrected chi connectivity index (χ4v) is 3.52. The molecule has 0 saturated heterocycles. The van der Waals surface area contributed by atoms with Crippen LogP contribution in [0.1, 0.15) is 25.1 Å². The molecule has 0 radical (unpaired) electrons. The third kappa shape index (κ3) is 2.71. The van der Waals surface area contributed by atoms with Crippen molar-refractivity contribution in [2.24, 2.45) is 5.41 Å². The summed E-state index contributed by atoms with van der Waals surface area (Å²) in [5.74, 6) is 0.167. The summed E-state index contributed by atoms with van der Waals surface area (Å²) >= 11 is 3.24. The molecule has 3 unspecified atom stereocenters. The third-order valence-electron chi connectivity index (χ3n) is 4.55. The van der Waals surface area contributed by atoms with Crippen LogP contribution in [0, 0.1) is 5.41 Å². The number of ether oxygens (including phenoxy) is 3. The Morgan fingerprint density at radius 2 is 2.14 bits per heavy atom. The van der Waals surface area contributed by atoms with Gasteiger partial charge in [-0.3, -0.25) is 4.79 Å². The lowest BCUT2D eigenvalue weighted by Crippen LogP contribution is -2.48. The van der Waals surface area contributed by atoms with Gasteiger partial charge in [0, 0.05) is 39.0 Å². The van der Waals surface area contributed by atoms with Crippen LogP contribution in [0.5, 0.6) is 5.75 Å². The average molecular weight is 376 g/mol. The van der Waals surface area contributed by atoms with Crippen LogP contribution in [0.15, 0.2) is 15.5 Å². The smallest absolute Gasteiger partial charge is 0.237 e. The Balaban J connectivity index is 2.60. The highest BCUT2D eigenvalue weighted by Crippen LogP contribution is 2.47. The highest BCUT2D eigenvalue weighted by molar-refractivity contribution is 9.10. The molecule has 2 rings (SSSR count). The summed E-state index contributed by atoms with van der Waals surface area (Å²) in [6.07, 6.45) is 1.18. The van der Waals surface area contributed by atoms with Gasteiger partial charge in [-0.15, -0.1) is 0 Å². The molecule has 3 atom stereocenters. The molecular weight excluding hydrogens is 354 g/mol. The molecule has 1 aromatic heterocycles. The van der Waals surface area contributed by atoms with E-state index in [1.807, 2.05) is 11.5 Å². The van der Waals surface area contributed by atoms with E-state index in [1.54, 1.807) is 20.4 Å². The zero-order valence-corrected chi connectivity index (χ0v) is 14.8. The second-order valence-electron chi connectivity index (χ2n) is 5.75. The van der Waals surface area contributed by atoms with Gasteiger partial charge < -0.3 is 23.9 Å². The number of rotatable bonds is 5. The number of aliphatic hydroxyl groups is 1. The van der Waals surface area contributed by atoms with Gasteiger partial charge in [-0.05, 0) is 22.4 Å². The van der Waals surface area contributed by atoms with E-state index < -0.39 is 11.5 Å². The predicted octanol–water partition coefficient (Wildman–Crippen LogP) is 1.72. The average Bonchev–Trinajstić information content (AvgIpc) is 2.51. The zero-order chi connectivity index (χ0) is 16.5.